The lowest BCUT2D eigenvalue weighted by Gasteiger charge is -2.33. The molecule has 0 bridgehead atoms. The number of ketones is 1. The molecule has 0 aliphatic carbocycles. The third kappa shape index (κ3) is 5.71. The highest BCUT2D eigenvalue weighted by atomic mass is 16.2. The first-order valence-electron chi connectivity index (χ1n) is 10.3. The van der Waals surface area contributed by atoms with E-state index in [4.69, 9.17) is 5.53 Å². The Hall–Kier alpha value is -3.64. The molecule has 162 valence electrons. The Labute approximate surface area is 181 Å². The van der Waals surface area contributed by atoms with Crippen molar-refractivity contribution in [2.45, 2.75) is 46.1 Å². The van der Waals surface area contributed by atoms with Gasteiger partial charge in [0.05, 0.1) is 5.69 Å². The minimum absolute atomic E-state index is 0.120. The number of hydrogen-bond acceptors (Lipinski definition) is 4. The Morgan fingerprint density at radius 3 is 2.42 bits per heavy atom. The van der Waals surface area contributed by atoms with E-state index in [-0.39, 0.29) is 23.8 Å². The SMILES string of the molecule is CCCCNC(=O)C(c1ccccc1N=[N+]=[N-])N(C(=O)CC)c1ccccc1C(C)=O. The largest absolute Gasteiger partial charge is 0.354 e. The molecule has 1 atom stereocenters. The standard InChI is InChI=1S/C23H27N5O3/c1-4-6-15-25-23(31)22(18-12-7-9-13-19(18)26-27-24)28(21(30)5-2)20-14-10-8-11-17(20)16(3)29/h7-14,22H,4-6,15H2,1-3H3,(H,25,31). The summed E-state index contributed by atoms with van der Waals surface area (Å²) in [7, 11) is 0. The number of carbonyl (C=O) groups excluding carboxylic acids is 3. The maximum Gasteiger partial charge on any atom is 0.247 e. The van der Waals surface area contributed by atoms with Gasteiger partial charge in [0.25, 0.3) is 0 Å². The fourth-order valence-electron chi connectivity index (χ4n) is 3.31. The van der Waals surface area contributed by atoms with Crippen LogP contribution in [0.25, 0.3) is 10.4 Å². The van der Waals surface area contributed by atoms with Crippen molar-refractivity contribution < 1.29 is 14.4 Å². The lowest BCUT2D eigenvalue weighted by molar-refractivity contribution is -0.126. The highest BCUT2D eigenvalue weighted by Gasteiger charge is 2.34. The van der Waals surface area contributed by atoms with E-state index in [1.165, 1.54) is 11.8 Å². The molecule has 8 nitrogen and oxygen atoms in total. The van der Waals surface area contributed by atoms with Gasteiger partial charge < -0.3 is 5.32 Å². The molecule has 8 heteroatoms. The Bertz CT molecular complexity index is 998. The lowest BCUT2D eigenvalue weighted by Crippen LogP contribution is -2.44. The Morgan fingerprint density at radius 2 is 1.77 bits per heavy atom. The number of amides is 2. The lowest BCUT2D eigenvalue weighted by atomic mass is 9.98. The third-order valence-corrected chi connectivity index (χ3v) is 4.83. The molecule has 0 fully saturated rings. The summed E-state index contributed by atoms with van der Waals surface area (Å²) >= 11 is 0. The molecule has 0 spiro atoms. The van der Waals surface area contributed by atoms with E-state index in [1.54, 1.807) is 55.5 Å². The molecular formula is C23H27N5O3. The van der Waals surface area contributed by atoms with E-state index < -0.39 is 11.9 Å². The molecule has 0 radical (unpaired) electrons. The second-order valence-corrected chi connectivity index (χ2v) is 6.99. The topological polar surface area (TPSA) is 115 Å². The summed E-state index contributed by atoms with van der Waals surface area (Å²) in [5.41, 5.74) is 10.3. The number of nitrogens with zero attached hydrogens (tertiary/aromatic N) is 4. The van der Waals surface area contributed by atoms with Gasteiger partial charge in [0.1, 0.15) is 6.04 Å². The summed E-state index contributed by atoms with van der Waals surface area (Å²) < 4.78 is 0. The zero-order chi connectivity index (χ0) is 22.8. The van der Waals surface area contributed by atoms with Crippen LogP contribution in [0, 0.1) is 0 Å². The smallest absolute Gasteiger partial charge is 0.247 e. The quantitative estimate of drug-likeness (QED) is 0.186. The second kappa shape index (κ2) is 11.5. The van der Waals surface area contributed by atoms with Crippen molar-refractivity contribution >= 4 is 29.0 Å². The fourth-order valence-corrected chi connectivity index (χ4v) is 3.31. The van der Waals surface area contributed by atoms with Gasteiger partial charge in [-0.05, 0) is 36.6 Å². The Balaban J connectivity index is 2.74. The summed E-state index contributed by atoms with van der Waals surface area (Å²) in [6.07, 6.45) is 1.79. The maximum atomic E-state index is 13.4. The van der Waals surface area contributed by atoms with Crippen molar-refractivity contribution in [1.82, 2.24) is 5.32 Å². The van der Waals surface area contributed by atoms with Crippen molar-refractivity contribution in [3.8, 4) is 0 Å². The molecule has 0 aliphatic heterocycles. The predicted octanol–water partition coefficient (Wildman–Crippen LogP) is 5.23. The predicted molar refractivity (Wildman–Crippen MR) is 120 cm³/mol. The van der Waals surface area contributed by atoms with Crippen LogP contribution in [0.5, 0.6) is 0 Å². The number of carbonyl (C=O) groups is 3. The molecular weight excluding hydrogens is 394 g/mol. The first-order chi connectivity index (χ1) is 15.0. The molecule has 0 saturated carbocycles. The number of rotatable bonds is 10. The third-order valence-electron chi connectivity index (χ3n) is 4.83. The summed E-state index contributed by atoms with van der Waals surface area (Å²) in [6.45, 7) is 5.56. The molecule has 0 aliphatic rings. The van der Waals surface area contributed by atoms with Crippen LogP contribution in [0.3, 0.4) is 0 Å². The molecule has 31 heavy (non-hydrogen) atoms. The monoisotopic (exact) mass is 421 g/mol. The average Bonchev–Trinajstić information content (AvgIpc) is 2.78. The van der Waals surface area contributed by atoms with Crippen LogP contribution in [-0.2, 0) is 9.59 Å². The molecule has 2 amide bonds. The van der Waals surface area contributed by atoms with Gasteiger partial charge in [-0.15, -0.1) is 0 Å². The molecule has 1 unspecified atom stereocenters. The van der Waals surface area contributed by atoms with E-state index in [0.29, 0.717) is 23.4 Å². The van der Waals surface area contributed by atoms with Crippen LogP contribution in [0.1, 0.15) is 62.0 Å². The number of Topliss-reactive ketones (excluding diaryl/α,β-unsaturated/α-hetero) is 1. The highest BCUT2D eigenvalue weighted by Crippen LogP contribution is 2.35. The van der Waals surface area contributed by atoms with Crippen LogP contribution in [0.4, 0.5) is 11.4 Å². The number of unbranched alkanes of at least 4 members (excludes halogenated alkanes) is 1. The molecule has 0 heterocycles. The van der Waals surface area contributed by atoms with Crippen LogP contribution in [-0.4, -0.2) is 24.1 Å². The highest BCUT2D eigenvalue weighted by molar-refractivity contribution is 6.08. The van der Waals surface area contributed by atoms with E-state index in [2.05, 4.69) is 15.3 Å². The van der Waals surface area contributed by atoms with Gasteiger partial charge in [0.2, 0.25) is 11.8 Å². The summed E-state index contributed by atoms with van der Waals surface area (Å²) in [5.74, 6) is -0.966. The fraction of sp³-hybridized carbons (Fsp3) is 0.348. The van der Waals surface area contributed by atoms with Crippen molar-refractivity contribution in [2.24, 2.45) is 5.11 Å². The minimum atomic E-state index is -1.11. The number of benzene rings is 2. The summed E-state index contributed by atoms with van der Waals surface area (Å²) in [6, 6.07) is 12.2. The molecule has 2 aromatic carbocycles. The van der Waals surface area contributed by atoms with Crippen molar-refractivity contribution in [1.29, 1.82) is 0 Å². The first kappa shape index (κ1) is 23.6. The minimum Gasteiger partial charge on any atom is -0.354 e. The zero-order valence-electron chi connectivity index (χ0n) is 18.0. The van der Waals surface area contributed by atoms with Gasteiger partial charge in [-0.25, -0.2) is 0 Å². The number of hydrogen-bond donors (Lipinski definition) is 1. The zero-order valence-corrected chi connectivity index (χ0v) is 18.0. The van der Waals surface area contributed by atoms with E-state index in [0.717, 1.165) is 12.8 Å². The van der Waals surface area contributed by atoms with E-state index >= 15 is 0 Å². The number of azide groups is 1. The first-order valence-corrected chi connectivity index (χ1v) is 10.3. The van der Waals surface area contributed by atoms with Gasteiger partial charge in [0, 0.05) is 29.1 Å². The van der Waals surface area contributed by atoms with Gasteiger partial charge >= 0.3 is 0 Å². The number of para-hydroxylation sites is 1. The second-order valence-electron chi connectivity index (χ2n) is 6.99. The van der Waals surface area contributed by atoms with Crippen LogP contribution >= 0.6 is 0 Å². The average molecular weight is 422 g/mol. The van der Waals surface area contributed by atoms with Crippen LogP contribution in [0.2, 0.25) is 0 Å². The summed E-state index contributed by atoms with van der Waals surface area (Å²) in [5, 5.41) is 6.60. The van der Waals surface area contributed by atoms with Crippen molar-refractivity contribution in [3.63, 3.8) is 0 Å². The normalized spacial score (nSPS) is 11.2. The van der Waals surface area contributed by atoms with Gasteiger partial charge in [0.15, 0.2) is 5.78 Å². The van der Waals surface area contributed by atoms with E-state index in [1.807, 2.05) is 6.92 Å². The van der Waals surface area contributed by atoms with E-state index in [9.17, 15) is 14.4 Å². The van der Waals surface area contributed by atoms with Crippen molar-refractivity contribution in [3.05, 3.63) is 70.1 Å². The van der Waals surface area contributed by atoms with Crippen molar-refractivity contribution in [2.75, 3.05) is 11.4 Å². The molecule has 2 rings (SSSR count). The molecule has 0 saturated heterocycles. The molecule has 2 aromatic rings. The van der Waals surface area contributed by atoms with Crippen LogP contribution in [0.15, 0.2) is 53.6 Å². The Morgan fingerprint density at radius 1 is 1.10 bits per heavy atom. The summed E-state index contributed by atoms with van der Waals surface area (Å²) in [4.78, 5) is 43.0. The Kier molecular flexibility index (Phi) is 8.78. The number of anilines is 1. The van der Waals surface area contributed by atoms with Gasteiger partial charge in [-0.1, -0.05) is 61.8 Å². The molecule has 1 N–H and O–H groups in total. The van der Waals surface area contributed by atoms with Crippen LogP contribution < -0.4 is 10.2 Å². The number of nitrogens with one attached hydrogen (secondary N) is 1. The van der Waals surface area contributed by atoms with Gasteiger partial charge in [-0.3, -0.25) is 19.3 Å². The van der Waals surface area contributed by atoms with Gasteiger partial charge in [-0.2, -0.15) is 0 Å². The molecule has 0 aromatic heterocycles. The maximum absolute atomic E-state index is 13.4.